The summed E-state index contributed by atoms with van der Waals surface area (Å²) in [6.45, 7) is 2.08. The average molecular weight is 268 g/mol. The van der Waals surface area contributed by atoms with E-state index < -0.39 is 0 Å². The Kier molecular flexibility index (Phi) is 3.25. The maximum Gasteiger partial charge on any atom is 0.205 e. The van der Waals surface area contributed by atoms with E-state index in [9.17, 15) is 0 Å². The van der Waals surface area contributed by atoms with Gasteiger partial charge in [-0.25, -0.2) is 4.98 Å². The van der Waals surface area contributed by atoms with E-state index in [1.54, 1.807) is 13.3 Å². The molecule has 0 bridgehead atoms. The van der Waals surface area contributed by atoms with Gasteiger partial charge in [-0.1, -0.05) is 6.92 Å². The first-order chi connectivity index (χ1) is 9.78. The number of methoxy groups -OCH3 is 1. The van der Waals surface area contributed by atoms with Gasteiger partial charge in [-0.3, -0.25) is 4.98 Å². The molecular formula is C15H16N4O. The Morgan fingerprint density at radius 2 is 2.05 bits per heavy atom. The van der Waals surface area contributed by atoms with Crippen LogP contribution < -0.4 is 10.1 Å². The normalized spacial score (nSPS) is 10.7. The second kappa shape index (κ2) is 5.21. The Morgan fingerprint density at radius 1 is 1.25 bits per heavy atom. The maximum atomic E-state index is 5.13. The molecule has 1 aromatic carbocycles. The molecule has 3 rings (SSSR count). The van der Waals surface area contributed by atoms with Gasteiger partial charge in [-0.2, -0.15) is 0 Å². The highest BCUT2D eigenvalue weighted by Gasteiger charge is 2.04. The average Bonchev–Trinajstić information content (AvgIpc) is 2.89. The molecule has 5 heteroatoms. The van der Waals surface area contributed by atoms with Crippen LogP contribution in [0.2, 0.25) is 0 Å². The first-order valence-corrected chi connectivity index (χ1v) is 6.54. The van der Waals surface area contributed by atoms with Crippen molar-refractivity contribution >= 4 is 22.7 Å². The van der Waals surface area contributed by atoms with Gasteiger partial charge in [0.15, 0.2) is 0 Å². The number of rotatable bonds is 4. The lowest BCUT2D eigenvalue weighted by Gasteiger charge is -2.03. The third kappa shape index (κ3) is 2.42. The van der Waals surface area contributed by atoms with Gasteiger partial charge in [0.05, 0.1) is 18.8 Å². The zero-order valence-corrected chi connectivity index (χ0v) is 11.5. The molecule has 20 heavy (non-hydrogen) atoms. The molecule has 2 N–H and O–H groups in total. The minimum atomic E-state index is 0.709. The van der Waals surface area contributed by atoms with Crippen molar-refractivity contribution in [2.75, 3.05) is 12.4 Å². The minimum absolute atomic E-state index is 0.709. The van der Waals surface area contributed by atoms with Crippen LogP contribution in [0.5, 0.6) is 5.75 Å². The quantitative estimate of drug-likeness (QED) is 0.762. The molecule has 0 aliphatic carbocycles. The van der Waals surface area contributed by atoms with Crippen molar-refractivity contribution in [2.24, 2.45) is 0 Å². The molecule has 0 fully saturated rings. The summed E-state index contributed by atoms with van der Waals surface area (Å²) in [5.74, 6) is 1.54. The number of aromatic amines is 1. The van der Waals surface area contributed by atoms with Gasteiger partial charge in [0.25, 0.3) is 0 Å². The lowest BCUT2D eigenvalue weighted by molar-refractivity contribution is 0.415. The number of aromatic nitrogens is 3. The third-order valence-corrected chi connectivity index (χ3v) is 3.14. The summed E-state index contributed by atoms with van der Waals surface area (Å²) < 4.78 is 5.13. The number of ether oxygens (including phenoxy) is 1. The fourth-order valence-corrected chi connectivity index (χ4v) is 2.02. The number of fused-ring (bicyclic) bond motifs is 1. The zero-order valence-electron chi connectivity index (χ0n) is 11.5. The van der Waals surface area contributed by atoms with Crippen molar-refractivity contribution in [3.8, 4) is 5.75 Å². The number of pyridine rings is 1. The molecule has 0 amide bonds. The number of H-pyrrole nitrogens is 1. The van der Waals surface area contributed by atoms with Crippen LogP contribution in [0.1, 0.15) is 12.6 Å². The summed E-state index contributed by atoms with van der Waals surface area (Å²) in [6, 6.07) is 9.73. The lowest BCUT2D eigenvalue weighted by Crippen LogP contribution is -1.92. The van der Waals surface area contributed by atoms with Crippen LogP contribution in [-0.2, 0) is 6.42 Å². The third-order valence-electron chi connectivity index (χ3n) is 3.14. The fourth-order valence-electron chi connectivity index (χ4n) is 2.02. The number of imidazole rings is 1. The van der Waals surface area contributed by atoms with E-state index in [0.717, 1.165) is 34.6 Å². The first-order valence-electron chi connectivity index (χ1n) is 6.54. The zero-order chi connectivity index (χ0) is 13.9. The second-order valence-electron chi connectivity index (χ2n) is 4.49. The molecule has 102 valence electrons. The van der Waals surface area contributed by atoms with Gasteiger partial charge in [-0.15, -0.1) is 0 Å². The number of aryl methyl sites for hydroxylation is 1. The molecule has 3 aromatic rings. The summed E-state index contributed by atoms with van der Waals surface area (Å²) in [5.41, 5.74) is 3.86. The fraction of sp³-hybridized carbons (Fsp3) is 0.200. The SMILES string of the molecule is CCc1cc2[nH]c(Nc3ccc(OC)cc3)nc2cn1. The van der Waals surface area contributed by atoms with Gasteiger partial charge in [0, 0.05) is 11.4 Å². The van der Waals surface area contributed by atoms with Crippen LogP contribution >= 0.6 is 0 Å². The van der Waals surface area contributed by atoms with Crippen molar-refractivity contribution in [3.63, 3.8) is 0 Å². The Morgan fingerprint density at radius 3 is 2.75 bits per heavy atom. The van der Waals surface area contributed by atoms with Crippen molar-refractivity contribution < 1.29 is 4.74 Å². The predicted octanol–water partition coefficient (Wildman–Crippen LogP) is 3.27. The Hall–Kier alpha value is -2.56. The van der Waals surface area contributed by atoms with Gasteiger partial charge in [0.1, 0.15) is 11.3 Å². The van der Waals surface area contributed by atoms with E-state index in [4.69, 9.17) is 4.74 Å². The van der Waals surface area contributed by atoms with Crippen LogP contribution in [0.25, 0.3) is 11.0 Å². The Balaban J connectivity index is 1.86. The van der Waals surface area contributed by atoms with Crippen LogP contribution in [0.15, 0.2) is 36.5 Å². The molecule has 0 spiro atoms. The van der Waals surface area contributed by atoms with E-state index >= 15 is 0 Å². The maximum absolute atomic E-state index is 5.13. The number of anilines is 2. The number of hydrogen-bond donors (Lipinski definition) is 2. The van der Waals surface area contributed by atoms with Gasteiger partial charge >= 0.3 is 0 Å². The van der Waals surface area contributed by atoms with Crippen molar-refractivity contribution in [1.29, 1.82) is 0 Å². The molecule has 0 unspecified atom stereocenters. The van der Waals surface area contributed by atoms with E-state index in [0.29, 0.717) is 5.95 Å². The largest absolute Gasteiger partial charge is 0.497 e. The minimum Gasteiger partial charge on any atom is -0.497 e. The molecule has 2 aromatic heterocycles. The molecule has 0 aliphatic heterocycles. The van der Waals surface area contributed by atoms with Crippen molar-refractivity contribution in [3.05, 3.63) is 42.2 Å². The molecule has 0 saturated carbocycles. The molecule has 5 nitrogen and oxygen atoms in total. The van der Waals surface area contributed by atoms with Crippen molar-refractivity contribution in [2.45, 2.75) is 13.3 Å². The summed E-state index contributed by atoms with van der Waals surface area (Å²) >= 11 is 0. The smallest absolute Gasteiger partial charge is 0.205 e. The topological polar surface area (TPSA) is 62.8 Å². The second-order valence-corrected chi connectivity index (χ2v) is 4.49. The lowest BCUT2D eigenvalue weighted by atomic mass is 10.3. The highest BCUT2D eigenvalue weighted by atomic mass is 16.5. The standard InChI is InChI=1S/C15H16N4O/c1-3-10-8-13-14(9-16-10)19-15(18-13)17-11-4-6-12(20-2)7-5-11/h4-9H,3H2,1-2H3,(H2,17,18,19). The van der Waals surface area contributed by atoms with Crippen LogP contribution in [0.3, 0.4) is 0 Å². The summed E-state index contributed by atoms with van der Waals surface area (Å²) in [4.78, 5) is 12.1. The first kappa shape index (κ1) is 12.5. The van der Waals surface area contributed by atoms with Gasteiger partial charge in [-0.05, 0) is 36.8 Å². The van der Waals surface area contributed by atoms with E-state index in [1.807, 2.05) is 30.3 Å². The molecule has 0 saturated heterocycles. The van der Waals surface area contributed by atoms with Crippen LogP contribution in [0, 0.1) is 0 Å². The predicted molar refractivity (Wildman–Crippen MR) is 79.5 cm³/mol. The number of hydrogen-bond acceptors (Lipinski definition) is 4. The monoisotopic (exact) mass is 268 g/mol. The molecule has 0 aliphatic rings. The molecule has 2 heterocycles. The molecule has 0 radical (unpaired) electrons. The highest BCUT2D eigenvalue weighted by molar-refractivity contribution is 5.77. The van der Waals surface area contributed by atoms with E-state index in [1.165, 1.54) is 0 Å². The van der Waals surface area contributed by atoms with Crippen LogP contribution in [0.4, 0.5) is 11.6 Å². The summed E-state index contributed by atoms with van der Waals surface area (Å²) in [5, 5.41) is 3.23. The van der Waals surface area contributed by atoms with E-state index in [2.05, 4.69) is 27.2 Å². The number of benzene rings is 1. The summed E-state index contributed by atoms with van der Waals surface area (Å²) in [7, 11) is 1.65. The van der Waals surface area contributed by atoms with Gasteiger partial charge in [0.2, 0.25) is 5.95 Å². The molecule has 0 atom stereocenters. The van der Waals surface area contributed by atoms with Crippen LogP contribution in [-0.4, -0.2) is 22.1 Å². The number of nitrogens with zero attached hydrogens (tertiary/aromatic N) is 2. The molecular weight excluding hydrogens is 252 g/mol. The van der Waals surface area contributed by atoms with Gasteiger partial charge < -0.3 is 15.0 Å². The van der Waals surface area contributed by atoms with E-state index in [-0.39, 0.29) is 0 Å². The van der Waals surface area contributed by atoms with Crippen molar-refractivity contribution in [1.82, 2.24) is 15.0 Å². The summed E-state index contributed by atoms with van der Waals surface area (Å²) in [6.07, 6.45) is 2.71. The Bertz CT molecular complexity index is 718. The highest BCUT2D eigenvalue weighted by Crippen LogP contribution is 2.20. The Labute approximate surface area is 117 Å². The number of nitrogens with one attached hydrogen (secondary N) is 2.